The normalized spacial score (nSPS) is 19.1. The number of esters is 1. The van der Waals surface area contributed by atoms with E-state index in [0.29, 0.717) is 11.1 Å². The molecule has 0 amide bonds. The second-order valence-electron chi connectivity index (χ2n) is 7.64. The predicted molar refractivity (Wildman–Crippen MR) is 121 cm³/mol. The van der Waals surface area contributed by atoms with Gasteiger partial charge in [-0.2, -0.15) is 8.42 Å². The molecule has 0 aliphatic carbocycles. The van der Waals surface area contributed by atoms with Crippen LogP contribution in [0.4, 0.5) is 0 Å². The minimum Gasteiger partial charge on any atom is -0.467 e. The molecule has 31 heavy (non-hydrogen) atoms. The third-order valence-corrected chi connectivity index (χ3v) is 7.19. The van der Waals surface area contributed by atoms with Gasteiger partial charge in [-0.1, -0.05) is 42.5 Å². The first-order chi connectivity index (χ1) is 14.4. The summed E-state index contributed by atoms with van der Waals surface area (Å²) in [6.07, 6.45) is 0. The van der Waals surface area contributed by atoms with Gasteiger partial charge in [0, 0.05) is 0 Å². The number of carbonyl (C=O) groups excluding carboxylic acids is 2. The van der Waals surface area contributed by atoms with Crippen LogP contribution in [0.25, 0.3) is 0 Å². The molecule has 0 saturated heterocycles. The van der Waals surface area contributed by atoms with Gasteiger partial charge in [-0.05, 0) is 23.3 Å². The molecule has 0 spiro atoms. The minimum atomic E-state index is -4.32. The third-order valence-electron chi connectivity index (χ3n) is 5.32. The number of Topliss-reactive ketones (excluding diaryl/α,β-unsaturated/α-hetero) is 1. The molecule has 3 rings (SSSR count). The van der Waals surface area contributed by atoms with Gasteiger partial charge in [0.15, 0.2) is 13.3 Å². The van der Waals surface area contributed by atoms with E-state index in [1.54, 1.807) is 30.3 Å². The lowest BCUT2D eigenvalue weighted by molar-refractivity contribution is -0.126. The van der Waals surface area contributed by atoms with Crippen LogP contribution >= 0.6 is 0 Å². The molecule has 1 aliphatic rings. The predicted octanol–water partition coefficient (Wildman–Crippen LogP) is -1.59. The number of rotatable bonds is 6. The lowest BCUT2D eigenvalue weighted by Gasteiger charge is -2.26. The number of hydrogen-bond acceptors (Lipinski definition) is 8. The van der Waals surface area contributed by atoms with Crippen LogP contribution < -0.4 is 5.73 Å². The van der Waals surface area contributed by atoms with E-state index in [0.717, 1.165) is 0 Å². The topological polar surface area (TPSA) is 122 Å². The van der Waals surface area contributed by atoms with Crippen molar-refractivity contribution >= 4 is 45.4 Å². The van der Waals surface area contributed by atoms with Crippen LogP contribution in [-0.4, -0.2) is 50.8 Å². The van der Waals surface area contributed by atoms with E-state index < -0.39 is 43.6 Å². The number of methoxy groups -OCH3 is 1. The lowest BCUT2D eigenvalue weighted by atomic mass is 9.65. The molecule has 0 saturated carbocycles. The van der Waals surface area contributed by atoms with Crippen molar-refractivity contribution in [2.75, 3.05) is 7.11 Å². The van der Waals surface area contributed by atoms with Gasteiger partial charge in [0.1, 0.15) is 15.7 Å². The Hall–Kier alpha value is -3.14. The summed E-state index contributed by atoms with van der Waals surface area (Å²) in [7, 11) is 1.33. The summed E-state index contributed by atoms with van der Waals surface area (Å²) >= 11 is 0. The summed E-state index contributed by atoms with van der Waals surface area (Å²) < 4.78 is 40.0. The summed E-state index contributed by atoms with van der Waals surface area (Å²) in [4.78, 5) is 24.7. The fourth-order valence-electron chi connectivity index (χ4n) is 3.15. The molecule has 12 heteroatoms. The van der Waals surface area contributed by atoms with Gasteiger partial charge in [0.2, 0.25) is 17.4 Å². The van der Waals surface area contributed by atoms with Crippen molar-refractivity contribution < 1.29 is 31.7 Å². The van der Waals surface area contributed by atoms with Crippen molar-refractivity contribution in [3.8, 4) is 0 Å². The first-order valence-corrected chi connectivity index (χ1v) is 10.8. The molecule has 0 bridgehead atoms. The second-order valence-corrected chi connectivity index (χ2v) is 9.74. The Morgan fingerprint density at radius 2 is 1.68 bits per heavy atom. The highest BCUT2D eigenvalue weighted by Crippen LogP contribution is 2.38. The van der Waals surface area contributed by atoms with Crippen molar-refractivity contribution in [2.45, 2.75) is 10.0 Å². The molecule has 0 unspecified atom stereocenters. The van der Waals surface area contributed by atoms with Crippen LogP contribution in [0, 0.1) is 0 Å². The Balaban J connectivity index is 1.90. The van der Waals surface area contributed by atoms with Crippen LogP contribution in [-0.2, 0) is 38.6 Å². The standard InChI is InChI=1S/C19H20B3NO7S/c1-28-17(25)11-7-9-12(10-8-11)18(20)15(24)14(16(23)29-18)30-31(26,27)19(21,22)13-5-3-2-4-6-13/h2-10H,20-23H2,1H3/t18-/m0/s1. The number of carbonyl (C=O) groups is 2. The van der Waals surface area contributed by atoms with Crippen LogP contribution in [0.5, 0.6) is 0 Å². The number of benzene rings is 2. The van der Waals surface area contributed by atoms with Crippen LogP contribution in [0.2, 0.25) is 0 Å². The first kappa shape index (κ1) is 22.5. The van der Waals surface area contributed by atoms with Crippen LogP contribution in [0.3, 0.4) is 0 Å². The average Bonchev–Trinajstić information content (AvgIpc) is 2.97. The summed E-state index contributed by atoms with van der Waals surface area (Å²) in [6.45, 7) is 0. The van der Waals surface area contributed by atoms with Gasteiger partial charge in [0.25, 0.3) is 0 Å². The highest BCUT2D eigenvalue weighted by molar-refractivity contribution is 7.90. The second kappa shape index (κ2) is 7.84. The third kappa shape index (κ3) is 3.83. The largest absolute Gasteiger partial charge is 0.467 e. The molecule has 2 aromatic rings. The molecule has 0 aromatic heterocycles. The van der Waals surface area contributed by atoms with Gasteiger partial charge in [-0.15, -0.1) is 0 Å². The molecule has 0 radical (unpaired) electrons. The molecule has 2 N–H and O–H groups in total. The van der Waals surface area contributed by atoms with Gasteiger partial charge in [0.05, 0.1) is 17.2 Å². The van der Waals surface area contributed by atoms with Crippen LogP contribution in [0.15, 0.2) is 66.2 Å². The van der Waals surface area contributed by atoms with E-state index in [2.05, 4.69) is 4.74 Å². The van der Waals surface area contributed by atoms with E-state index in [9.17, 15) is 18.0 Å². The summed E-state index contributed by atoms with van der Waals surface area (Å²) in [5.41, 5.74) is 5.37. The van der Waals surface area contributed by atoms with E-state index >= 15 is 0 Å². The number of nitrogens with two attached hydrogens (primary N) is 1. The molecule has 8 nitrogen and oxygen atoms in total. The quantitative estimate of drug-likeness (QED) is 0.325. The van der Waals surface area contributed by atoms with Gasteiger partial charge in [-0.3, -0.25) is 4.79 Å². The Morgan fingerprint density at radius 1 is 1.10 bits per heavy atom. The fraction of sp³-hybridized carbons (Fsp3) is 0.158. The van der Waals surface area contributed by atoms with E-state index in [4.69, 9.17) is 14.7 Å². The van der Waals surface area contributed by atoms with Crippen LogP contribution in [0.1, 0.15) is 21.5 Å². The molecule has 2 aromatic carbocycles. The monoisotopic (exact) mass is 439 g/mol. The van der Waals surface area contributed by atoms with Crippen molar-refractivity contribution in [1.82, 2.24) is 0 Å². The number of ketones is 1. The van der Waals surface area contributed by atoms with Gasteiger partial charge < -0.3 is 19.4 Å². The zero-order valence-corrected chi connectivity index (χ0v) is 18.4. The molecule has 158 valence electrons. The van der Waals surface area contributed by atoms with Crippen molar-refractivity contribution in [3.05, 3.63) is 82.9 Å². The average molecular weight is 439 g/mol. The Kier molecular flexibility index (Phi) is 5.71. The van der Waals surface area contributed by atoms with E-state index in [1.807, 2.05) is 0 Å². The molecule has 1 atom stereocenters. The summed E-state index contributed by atoms with van der Waals surface area (Å²) in [5, 5.41) is 0. The maximum Gasteiger partial charge on any atom is 0.337 e. The Morgan fingerprint density at radius 3 is 2.23 bits per heavy atom. The lowest BCUT2D eigenvalue weighted by Crippen LogP contribution is -2.40. The SMILES string of the molecule is BC(B)(c1ccccc1)S(=O)(=O)OC1=C(N)O[C@@](B)(c2ccc(C(=O)OC)cc2)C1=O. The molecule has 0 fully saturated rings. The highest BCUT2D eigenvalue weighted by Gasteiger charge is 2.50. The Bertz CT molecular complexity index is 1160. The maximum absolute atomic E-state index is 13.1. The molecular weight excluding hydrogens is 419 g/mol. The number of ether oxygens (including phenoxy) is 2. The van der Waals surface area contributed by atoms with Gasteiger partial charge >= 0.3 is 16.1 Å². The van der Waals surface area contributed by atoms with Gasteiger partial charge in [-0.25, -0.2) is 4.79 Å². The fourth-order valence-corrected chi connectivity index (χ4v) is 4.16. The van der Waals surface area contributed by atoms with E-state index in [-0.39, 0.29) is 5.56 Å². The maximum atomic E-state index is 13.1. The molecule has 1 aliphatic heterocycles. The van der Waals surface area contributed by atoms with Crippen molar-refractivity contribution in [2.24, 2.45) is 5.73 Å². The first-order valence-electron chi connectivity index (χ1n) is 9.36. The van der Waals surface area contributed by atoms with Crippen molar-refractivity contribution in [3.63, 3.8) is 0 Å². The summed E-state index contributed by atoms with van der Waals surface area (Å²) in [6, 6.07) is 14.4. The smallest absolute Gasteiger partial charge is 0.337 e. The highest BCUT2D eigenvalue weighted by atomic mass is 32.2. The zero-order valence-electron chi connectivity index (χ0n) is 17.5. The molecular formula is C19H20B3NO7S. The molecule has 1 heterocycles. The number of hydrogen-bond donors (Lipinski definition) is 1. The Labute approximate surface area is 183 Å². The minimum absolute atomic E-state index is 0.282. The van der Waals surface area contributed by atoms with E-state index in [1.165, 1.54) is 54.9 Å². The van der Waals surface area contributed by atoms with Crippen molar-refractivity contribution in [1.29, 1.82) is 0 Å². The summed E-state index contributed by atoms with van der Waals surface area (Å²) in [5.74, 6) is -2.30. The zero-order chi connectivity index (χ0) is 23.0.